The van der Waals surface area contributed by atoms with Crippen LogP contribution in [0.25, 0.3) is 0 Å². The van der Waals surface area contributed by atoms with Crippen LogP contribution in [0.3, 0.4) is 0 Å². The van der Waals surface area contributed by atoms with Gasteiger partial charge in [0.05, 0.1) is 24.8 Å². The molecule has 0 radical (unpaired) electrons. The fourth-order valence-corrected chi connectivity index (χ4v) is 4.01. The first kappa shape index (κ1) is 21.2. The van der Waals surface area contributed by atoms with Gasteiger partial charge in [0.2, 0.25) is 5.91 Å². The van der Waals surface area contributed by atoms with E-state index in [9.17, 15) is 18.0 Å². The summed E-state index contributed by atoms with van der Waals surface area (Å²) < 4.78 is 44.1. The molecule has 1 amide bonds. The summed E-state index contributed by atoms with van der Waals surface area (Å²) in [5.41, 5.74) is 0.597. The maximum atomic E-state index is 13.0. The maximum Gasteiger partial charge on any atom is 0.416 e. The summed E-state index contributed by atoms with van der Waals surface area (Å²) in [6, 6.07) is 12.5. The molecular weight excluding hydrogens is 409 g/mol. The molecule has 2 aromatic carbocycles. The molecule has 4 rings (SSSR count). The van der Waals surface area contributed by atoms with Crippen molar-refractivity contribution in [3.05, 3.63) is 65.2 Å². The molecule has 1 spiro atoms. The lowest BCUT2D eigenvalue weighted by molar-refractivity contribution is -0.138. The Bertz CT molecular complexity index is 978. The van der Waals surface area contributed by atoms with E-state index in [4.69, 9.17) is 9.57 Å². The Kier molecular flexibility index (Phi) is 5.64. The Morgan fingerprint density at radius 2 is 1.87 bits per heavy atom. The predicted molar refractivity (Wildman–Crippen MR) is 109 cm³/mol. The molecule has 2 heterocycles. The first-order valence-corrected chi connectivity index (χ1v) is 10.1. The molecule has 1 saturated heterocycles. The van der Waals surface area contributed by atoms with Crippen molar-refractivity contribution < 1.29 is 27.5 Å². The number of likely N-dealkylation sites (tertiary alicyclic amines) is 1. The highest BCUT2D eigenvalue weighted by Gasteiger charge is 2.43. The van der Waals surface area contributed by atoms with E-state index in [1.165, 1.54) is 6.07 Å². The van der Waals surface area contributed by atoms with E-state index in [-0.39, 0.29) is 5.91 Å². The van der Waals surface area contributed by atoms with Gasteiger partial charge in [0, 0.05) is 37.9 Å². The zero-order valence-electron chi connectivity index (χ0n) is 17.1. The molecule has 0 atom stereocenters. The molecule has 5 nitrogen and oxygen atoms in total. The zero-order valence-corrected chi connectivity index (χ0v) is 17.1. The molecule has 0 N–H and O–H groups in total. The van der Waals surface area contributed by atoms with Crippen LogP contribution in [0.5, 0.6) is 5.75 Å². The number of halogens is 3. The van der Waals surface area contributed by atoms with Crippen molar-refractivity contribution in [2.45, 2.75) is 37.5 Å². The Balaban J connectivity index is 1.34. The van der Waals surface area contributed by atoms with Crippen molar-refractivity contribution in [3.63, 3.8) is 0 Å². The Morgan fingerprint density at radius 1 is 1.16 bits per heavy atom. The molecule has 1 fully saturated rings. The number of oxime groups is 1. The van der Waals surface area contributed by atoms with Crippen molar-refractivity contribution in [1.82, 2.24) is 4.90 Å². The van der Waals surface area contributed by atoms with Crippen LogP contribution < -0.4 is 4.74 Å². The molecule has 0 unspecified atom stereocenters. The summed E-state index contributed by atoms with van der Waals surface area (Å²) in [5, 5.41) is 4.09. The van der Waals surface area contributed by atoms with Gasteiger partial charge < -0.3 is 14.5 Å². The smallest absolute Gasteiger partial charge is 0.416 e. The third kappa shape index (κ3) is 4.68. The minimum Gasteiger partial charge on any atom is -0.497 e. The SMILES string of the molecule is COc1ccc(CC(=O)N2CCC3(CC2)CC(c2cccc(C(F)(F)F)c2)=NO3)cc1. The second-order valence-electron chi connectivity index (χ2n) is 7.97. The van der Waals surface area contributed by atoms with Gasteiger partial charge in [0.25, 0.3) is 0 Å². The van der Waals surface area contributed by atoms with Crippen LogP contribution >= 0.6 is 0 Å². The summed E-state index contributed by atoms with van der Waals surface area (Å²) in [6.07, 6.45) is -2.47. The molecule has 2 aliphatic rings. The second-order valence-corrected chi connectivity index (χ2v) is 7.97. The number of hydrogen-bond acceptors (Lipinski definition) is 4. The summed E-state index contributed by atoms with van der Waals surface area (Å²) in [4.78, 5) is 20.2. The Labute approximate surface area is 178 Å². The molecule has 0 bridgehead atoms. The summed E-state index contributed by atoms with van der Waals surface area (Å²) in [5.74, 6) is 0.781. The van der Waals surface area contributed by atoms with Crippen LogP contribution in [0.15, 0.2) is 53.7 Å². The number of benzene rings is 2. The fraction of sp³-hybridized carbons (Fsp3) is 0.391. The van der Waals surface area contributed by atoms with E-state index < -0.39 is 17.3 Å². The standard InChI is InChI=1S/C23H23F3N2O3/c1-30-19-7-5-16(6-8-19)13-21(29)28-11-9-22(10-12-28)15-20(27-31-22)17-3-2-4-18(14-17)23(24,25)26/h2-8,14H,9-13,15H2,1H3. The van der Waals surface area contributed by atoms with Gasteiger partial charge in [-0.3, -0.25) is 4.79 Å². The van der Waals surface area contributed by atoms with Gasteiger partial charge in [-0.15, -0.1) is 0 Å². The van der Waals surface area contributed by atoms with Crippen molar-refractivity contribution in [2.24, 2.45) is 5.16 Å². The number of hydrogen-bond donors (Lipinski definition) is 0. The normalized spacial score (nSPS) is 17.9. The number of carbonyl (C=O) groups excluding carboxylic acids is 1. The number of ether oxygens (including phenoxy) is 1. The lowest BCUT2D eigenvalue weighted by atomic mass is 9.85. The van der Waals surface area contributed by atoms with Crippen molar-refractivity contribution in [3.8, 4) is 5.75 Å². The van der Waals surface area contributed by atoms with Crippen LogP contribution in [0, 0.1) is 0 Å². The number of carbonyl (C=O) groups is 1. The van der Waals surface area contributed by atoms with Crippen LogP contribution in [-0.4, -0.2) is 42.3 Å². The minimum atomic E-state index is -4.40. The molecule has 2 aliphatic heterocycles. The summed E-state index contributed by atoms with van der Waals surface area (Å²) in [7, 11) is 1.59. The van der Waals surface area contributed by atoms with E-state index in [0.717, 1.165) is 23.4 Å². The minimum absolute atomic E-state index is 0.0389. The Morgan fingerprint density at radius 3 is 2.52 bits per heavy atom. The average molecular weight is 432 g/mol. The Hall–Kier alpha value is -3.03. The van der Waals surface area contributed by atoms with E-state index in [2.05, 4.69) is 5.16 Å². The fourth-order valence-electron chi connectivity index (χ4n) is 4.01. The monoisotopic (exact) mass is 432 g/mol. The molecule has 164 valence electrons. The lowest BCUT2D eigenvalue weighted by Gasteiger charge is -2.37. The molecule has 2 aromatic rings. The number of piperidine rings is 1. The third-order valence-corrected chi connectivity index (χ3v) is 5.90. The van der Waals surface area contributed by atoms with Crippen LogP contribution in [-0.2, 0) is 22.2 Å². The van der Waals surface area contributed by atoms with E-state index in [1.54, 1.807) is 18.1 Å². The van der Waals surface area contributed by atoms with Gasteiger partial charge in [-0.25, -0.2) is 0 Å². The van der Waals surface area contributed by atoms with Crippen LogP contribution in [0.1, 0.15) is 36.0 Å². The highest BCUT2D eigenvalue weighted by molar-refractivity contribution is 6.01. The van der Waals surface area contributed by atoms with Gasteiger partial charge in [-0.05, 0) is 29.8 Å². The van der Waals surface area contributed by atoms with Gasteiger partial charge >= 0.3 is 6.18 Å². The molecular formula is C23H23F3N2O3. The van der Waals surface area contributed by atoms with E-state index in [0.29, 0.717) is 50.0 Å². The number of alkyl halides is 3. The summed E-state index contributed by atoms with van der Waals surface area (Å²) in [6.45, 7) is 1.06. The largest absolute Gasteiger partial charge is 0.497 e. The van der Waals surface area contributed by atoms with E-state index >= 15 is 0 Å². The summed E-state index contributed by atoms with van der Waals surface area (Å²) >= 11 is 0. The quantitative estimate of drug-likeness (QED) is 0.718. The van der Waals surface area contributed by atoms with Gasteiger partial charge in [-0.1, -0.05) is 29.4 Å². The molecule has 0 saturated carbocycles. The third-order valence-electron chi connectivity index (χ3n) is 5.90. The van der Waals surface area contributed by atoms with Crippen LogP contribution in [0.4, 0.5) is 13.2 Å². The molecule has 0 aromatic heterocycles. The van der Waals surface area contributed by atoms with E-state index in [1.807, 2.05) is 24.3 Å². The topological polar surface area (TPSA) is 51.1 Å². The number of nitrogens with zero attached hydrogens (tertiary/aromatic N) is 2. The first-order chi connectivity index (χ1) is 14.8. The molecule has 31 heavy (non-hydrogen) atoms. The first-order valence-electron chi connectivity index (χ1n) is 10.1. The second kappa shape index (κ2) is 8.24. The molecule has 8 heteroatoms. The highest BCUT2D eigenvalue weighted by atomic mass is 19.4. The van der Waals surface area contributed by atoms with Gasteiger partial charge in [0.15, 0.2) is 0 Å². The van der Waals surface area contributed by atoms with Crippen molar-refractivity contribution >= 4 is 11.6 Å². The maximum absolute atomic E-state index is 13.0. The number of rotatable bonds is 4. The zero-order chi connectivity index (χ0) is 22.1. The van der Waals surface area contributed by atoms with Gasteiger partial charge in [0.1, 0.15) is 11.4 Å². The predicted octanol–water partition coefficient (Wildman–Crippen LogP) is 4.44. The highest BCUT2D eigenvalue weighted by Crippen LogP contribution is 2.37. The number of amides is 1. The number of methoxy groups -OCH3 is 1. The van der Waals surface area contributed by atoms with Crippen LogP contribution in [0.2, 0.25) is 0 Å². The van der Waals surface area contributed by atoms with Crippen molar-refractivity contribution in [1.29, 1.82) is 0 Å². The lowest BCUT2D eigenvalue weighted by Crippen LogP contribution is -2.47. The van der Waals surface area contributed by atoms with Crippen molar-refractivity contribution in [2.75, 3.05) is 20.2 Å². The molecule has 0 aliphatic carbocycles. The average Bonchev–Trinajstić information content (AvgIpc) is 3.18. The van der Waals surface area contributed by atoms with Gasteiger partial charge in [-0.2, -0.15) is 13.2 Å².